The maximum Gasteiger partial charge on any atom is 0.0340 e. The lowest BCUT2D eigenvalue weighted by atomic mass is 10.1. The Hall–Kier alpha value is -1.02. The largest absolute Gasteiger partial charge is 0.384 e. The smallest absolute Gasteiger partial charge is 0.0340 e. The molecule has 0 heterocycles. The zero-order valence-corrected chi connectivity index (χ0v) is 12.3. The zero-order chi connectivity index (χ0) is 13.4. The summed E-state index contributed by atoms with van der Waals surface area (Å²) in [4.78, 5) is 0. The van der Waals surface area contributed by atoms with Gasteiger partial charge in [-0.2, -0.15) is 0 Å². The van der Waals surface area contributed by atoms with Crippen LogP contribution in [-0.2, 0) is 6.42 Å². The summed E-state index contributed by atoms with van der Waals surface area (Å²) in [5.41, 5.74) is 2.85. The summed E-state index contributed by atoms with van der Waals surface area (Å²) >= 11 is 0. The van der Waals surface area contributed by atoms with Gasteiger partial charge in [-0.25, -0.2) is 0 Å². The number of hydrogen-bond acceptors (Lipinski definition) is 2. The average Bonchev–Trinajstić information content (AvgIpc) is 2.32. The molecule has 1 aromatic rings. The van der Waals surface area contributed by atoms with Gasteiger partial charge in [0.15, 0.2) is 0 Å². The van der Waals surface area contributed by atoms with E-state index in [4.69, 9.17) is 0 Å². The van der Waals surface area contributed by atoms with Crippen LogP contribution in [0.25, 0.3) is 0 Å². The van der Waals surface area contributed by atoms with Gasteiger partial charge in [0.2, 0.25) is 0 Å². The highest BCUT2D eigenvalue weighted by molar-refractivity contribution is 5.44. The maximum absolute atomic E-state index is 3.47. The van der Waals surface area contributed by atoms with Gasteiger partial charge < -0.3 is 10.6 Å². The first kappa shape index (κ1) is 15.0. The Kier molecular flexibility index (Phi) is 6.20. The zero-order valence-electron chi connectivity index (χ0n) is 12.3. The van der Waals surface area contributed by atoms with Gasteiger partial charge in [-0.15, -0.1) is 0 Å². The summed E-state index contributed by atoms with van der Waals surface area (Å²) in [6, 6.07) is 8.83. The van der Waals surface area contributed by atoms with Gasteiger partial charge in [-0.3, -0.25) is 0 Å². The number of anilines is 1. The van der Waals surface area contributed by atoms with Crippen molar-refractivity contribution in [1.29, 1.82) is 0 Å². The molecule has 0 unspecified atom stereocenters. The highest BCUT2D eigenvalue weighted by Gasteiger charge is 2.06. The molecule has 0 atom stereocenters. The van der Waals surface area contributed by atoms with E-state index in [1.54, 1.807) is 0 Å². The van der Waals surface area contributed by atoms with Crippen LogP contribution >= 0.6 is 0 Å². The second kappa shape index (κ2) is 7.42. The Morgan fingerprint density at radius 1 is 1.00 bits per heavy atom. The SMILES string of the molecule is CCCCc1ccc(NCCNC(C)(C)C)cc1. The number of unbranched alkanes of at least 4 members (excludes halogenated alkanes) is 1. The monoisotopic (exact) mass is 248 g/mol. The third-order valence-electron chi connectivity index (χ3n) is 2.88. The Morgan fingerprint density at radius 3 is 2.22 bits per heavy atom. The van der Waals surface area contributed by atoms with Crippen molar-refractivity contribution in [3.63, 3.8) is 0 Å². The predicted molar refractivity (Wildman–Crippen MR) is 81.3 cm³/mol. The van der Waals surface area contributed by atoms with Crippen molar-refractivity contribution in [1.82, 2.24) is 5.32 Å². The molecule has 2 heteroatoms. The molecule has 0 saturated carbocycles. The lowest BCUT2D eigenvalue weighted by Gasteiger charge is -2.20. The predicted octanol–water partition coefficient (Wildman–Crippen LogP) is 3.83. The van der Waals surface area contributed by atoms with Crippen molar-refractivity contribution < 1.29 is 0 Å². The van der Waals surface area contributed by atoms with Crippen molar-refractivity contribution in [2.75, 3.05) is 18.4 Å². The van der Waals surface area contributed by atoms with Gasteiger partial charge >= 0.3 is 0 Å². The molecule has 1 aromatic carbocycles. The molecule has 1 rings (SSSR count). The van der Waals surface area contributed by atoms with Crippen LogP contribution in [0.15, 0.2) is 24.3 Å². The lowest BCUT2D eigenvalue weighted by Crippen LogP contribution is -2.38. The fourth-order valence-electron chi connectivity index (χ4n) is 1.81. The minimum absolute atomic E-state index is 0.200. The van der Waals surface area contributed by atoms with Crippen LogP contribution in [0.4, 0.5) is 5.69 Å². The van der Waals surface area contributed by atoms with Gasteiger partial charge in [0.1, 0.15) is 0 Å². The number of rotatable bonds is 7. The number of hydrogen-bond donors (Lipinski definition) is 2. The Balaban J connectivity index is 2.26. The van der Waals surface area contributed by atoms with Crippen molar-refractivity contribution in [2.45, 2.75) is 52.5 Å². The van der Waals surface area contributed by atoms with Crippen LogP contribution in [0, 0.1) is 0 Å². The van der Waals surface area contributed by atoms with E-state index in [9.17, 15) is 0 Å². The molecule has 0 radical (unpaired) electrons. The van der Waals surface area contributed by atoms with E-state index in [1.165, 1.54) is 30.5 Å². The first-order valence-corrected chi connectivity index (χ1v) is 7.09. The van der Waals surface area contributed by atoms with Gasteiger partial charge in [-0.05, 0) is 51.3 Å². The third-order valence-corrected chi connectivity index (χ3v) is 2.88. The molecule has 18 heavy (non-hydrogen) atoms. The molecule has 2 N–H and O–H groups in total. The molecule has 0 bridgehead atoms. The van der Waals surface area contributed by atoms with Gasteiger partial charge in [0.25, 0.3) is 0 Å². The van der Waals surface area contributed by atoms with Crippen LogP contribution in [-0.4, -0.2) is 18.6 Å². The molecule has 0 aliphatic rings. The van der Waals surface area contributed by atoms with Crippen LogP contribution in [0.1, 0.15) is 46.1 Å². The number of aryl methyl sites for hydroxylation is 1. The van der Waals surface area contributed by atoms with Gasteiger partial charge in [-0.1, -0.05) is 25.5 Å². The van der Waals surface area contributed by atoms with Crippen molar-refractivity contribution in [3.8, 4) is 0 Å². The second-order valence-corrected chi connectivity index (χ2v) is 5.90. The average molecular weight is 248 g/mol. The van der Waals surface area contributed by atoms with Crippen molar-refractivity contribution >= 4 is 5.69 Å². The molecule has 0 spiro atoms. The topological polar surface area (TPSA) is 24.1 Å². The Morgan fingerprint density at radius 2 is 1.67 bits per heavy atom. The fraction of sp³-hybridized carbons (Fsp3) is 0.625. The molecule has 0 aromatic heterocycles. The minimum Gasteiger partial charge on any atom is -0.384 e. The molecule has 0 amide bonds. The summed E-state index contributed by atoms with van der Waals surface area (Å²) in [6.45, 7) is 10.8. The minimum atomic E-state index is 0.200. The molecule has 0 aliphatic carbocycles. The fourth-order valence-corrected chi connectivity index (χ4v) is 1.81. The normalized spacial score (nSPS) is 11.6. The van der Waals surface area contributed by atoms with E-state index in [-0.39, 0.29) is 5.54 Å². The van der Waals surface area contributed by atoms with E-state index in [1.807, 2.05) is 0 Å². The second-order valence-electron chi connectivity index (χ2n) is 5.90. The number of benzene rings is 1. The molecule has 0 fully saturated rings. The summed E-state index contributed by atoms with van der Waals surface area (Å²) in [6.07, 6.45) is 3.74. The summed E-state index contributed by atoms with van der Waals surface area (Å²) in [7, 11) is 0. The maximum atomic E-state index is 3.47. The van der Waals surface area contributed by atoms with Crippen LogP contribution < -0.4 is 10.6 Å². The van der Waals surface area contributed by atoms with Gasteiger partial charge in [0, 0.05) is 24.3 Å². The summed E-state index contributed by atoms with van der Waals surface area (Å²) in [5.74, 6) is 0. The molecule has 0 saturated heterocycles. The molecule has 0 aliphatic heterocycles. The van der Waals surface area contributed by atoms with E-state index in [0.29, 0.717) is 0 Å². The standard InChI is InChI=1S/C16H28N2/c1-5-6-7-14-8-10-15(11-9-14)17-12-13-18-16(2,3)4/h8-11,17-18H,5-7,12-13H2,1-4H3. The third kappa shape index (κ3) is 6.65. The molecule has 102 valence electrons. The van der Waals surface area contributed by atoms with E-state index < -0.39 is 0 Å². The Bertz CT molecular complexity index is 322. The van der Waals surface area contributed by atoms with E-state index in [2.05, 4.69) is 62.6 Å². The van der Waals surface area contributed by atoms with Gasteiger partial charge in [0.05, 0.1) is 0 Å². The van der Waals surface area contributed by atoms with E-state index >= 15 is 0 Å². The molecule has 2 nitrogen and oxygen atoms in total. The van der Waals surface area contributed by atoms with Crippen LogP contribution in [0.5, 0.6) is 0 Å². The Labute approximate surface area is 112 Å². The summed E-state index contributed by atoms with van der Waals surface area (Å²) < 4.78 is 0. The first-order chi connectivity index (χ1) is 8.51. The number of nitrogens with one attached hydrogen (secondary N) is 2. The van der Waals surface area contributed by atoms with Crippen LogP contribution in [0.3, 0.4) is 0 Å². The van der Waals surface area contributed by atoms with Crippen molar-refractivity contribution in [3.05, 3.63) is 29.8 Å². The summed E-state index contributed by atoms with van der Waals surface area (Å²) in [5, 5.41) is 6.91. The molecular formula is C16H28N2. The lowest BCUT2D eigenvalue weighted by molar-refractivity contribution is 0.435. The van der Waals surface area contributed by atoms with E-state index in [0.717, 1.165) is 13.1 Å². The highest BCUT2D eigenvalue weighted by Crippen LogP contribution is 2.11. The highest BCUT2D eigenvalue weighted by atomic mass is 15.0. The quantitative estimate of drug-likeness (QED) is 0.717. The van der Waals surface area contributed by atoms with Crippen molar-refractivity contribution in [2.24, 2.45) is 0 Å². The molecular weight excluding hydrogens is 220 g/mol. The first-order valence-electron chi connectivity index (χ1n) is 7.09. The van der Waals surface area contributed by atoms with Crippen LogP contribution in [0.2, 0.25) is 0 Å².